The lowest BCUT2D eigenvalue weighted by Crippen LogP contribution is -2.55. The molecule has 0 aromatic heterocycles. The number of aliphatic hydroxyl groups is 1. The zero-order valence-corrected chi connectivity index (χ0v) is 17.1. The minimum atomic E-state index is -3.17. The predicted molar refractivity (Wildman–Crippen MR) is 103 cm³/mol. The van der Waals surface area contributed by atoms with Gasteiger partial charge in [0, 0.05) is 18.3 Å². The van der Waals surface area contributed by atoms with Gasteiger partial charge in [-0.15, -0.1) is 0 Å². The van der Waals surface area contributed by atoms with Crippen molar-refractivity contribution in [3.05, 3.63) is 48.0 Å². The van der Waals surface area contributed by atoms with Gasteiger partial charge in [0.1, 0.15) is 0 Å². The quantitative estimate of drug-likeness (QED) is 0.556. The van der Waals surface area contributed by atoms with Crippen LogP contribution in [0.3, 0.4) is 0 Å². The van der Waals surface area contributed by atoms with Gasteiger partial charge < -0.3 is 18.4 Å². The molecule has 2 rings (SSSR count). The van der Waals surface area contributed by atoms with Crippen molar-refractivity contribution in [3.63, 3.8) is 0 Å². The summed E-state index contributed by atoms with van der Waals surface area (Å²) in [7, 11) is -3.17. The normalized spacial score (nSPS) is 13.2. The highest BCUT2D eigenvalue weighted by molar-refractivity contribution is 6.60. The van der Waals surface area contributed by atoms with Gasteiger partial charge in [-0.2, -0.15) is 0 Å². The van der Waals surface area contributed by atoms with E-state index in [0.29, 0.717) is 6.04 Å². The summed E-state index contributed by atoms with van der Waals surface area (Å²) in [5.74, 6) is -1.33. The first-order valence-corrected chi connectivity index (χ1v) is 10.8. The average Bonchev–Trinajstić information content (AvgIpc) is 2.44. The molecule has 0 bridgehead atoms. The Bertz CT molecular complexity index is 676. The molecular weight excluding hydrogens is 332 g/mol. The maximum Gasteiger partial charge on any atom is 0.508 e. The summed E-state index contributed by atoms with van der Waals surface area (Å²) in [6.07, 6.45) is -0.134. The van der Waals surface area contributed by atoms with E-state index in [-0.39, 0.29) is 12.2 Å². The fourth-order valence-corrected chi connectivity index (χ4v) is 6.34. The van der Waals surface area contributed by atoms with Crippen molar-refractivity contribution >= 4 is 19.6 Å². The molecule has 0 heterocycles. The highest BCUT2D eigenvalue weighted by Gasteiger charge is 2.47. The van der Waals surface area contributed by atoms with E-state index in [0.717, 1.165) is 10.9 Å². The molecule has 2 aromatic rings. The summed E-state index contributed by atoms with van der Waals surface area (Å²) in [5.41, 5.74) is 1.11. The van der Waals surface area contributed by atoms with E-state index in [9.17, 15) is 5.11 Å². The highest BCUT2D eigenvalue weighted by atomic mass is 28.4. The summed E-state index contributed by atoms with van der Waals surface area (Å²) in [6, 6.07) is 14.9. The number of rotatable bonds is 8. The minimum absolute atomic E-state index is 0.0669. The molecule has 1 N–H and O–H groups in total. The predicted octanol–water partition coefficient (Wildman–Crippen LogP) is 4.46. The van der Waals surface area contributed by atoms with E-state index in [1.165, 1.54) is 5.39 Å². The summed E-state index contributed by atoms with van der Waals surface area (Å²) in [4.78, 5) is 0. The van der Waals surface area contributed by atoms with Crippen LogP contribution in [0.1, 0.15) is 47.1 Å². The van der Waals surface area contributed by atoms with Gasteiger partial charge in [-0.3, -0.25) is 0 Å². The third kappa shape index (κ3) is 5.90. The SMILES string of the molecule is CC(C)O[Si](Cc1cccc2ccccc12)(OC(C)C)OC(C)(C)O. The second-order valence-electron chi connectivity index (χ2n) is 7.38. The van der Waals surface area contributed by atoms with E-state index in [4.69, 9.17) is 13.3 Å². The van der Waals surface area contributed by atoms with E-state index >= 15 is 0 Å². The lowest BCUT2D eigenvalue weighted by Gasteiger charge is -2.37. The van der Waals surface area contributed by atoms with Gasteiger partial charge in [-0.25, -0.2) is 0 Å². The van der Waals surface area contributed by atoms with Crippen molar-refractivity contribution in [1.29, 1.82) is 0 Å². The van der Waals surface area contributed by atoms with Crippen LogP contribution in [0.2, 0.25) is 0 Å². The summed E-state index contributed by atoms with van der Waals surface area (Å²) in [6.45, 7) is 11.1. The van der Waals surface area contributed by atoms with E-state index in [2.05, 4.69) is 24.3 Å². The Morgan fingerprint density at radius 2 is 1.48 bits per heavy atom. The summed E-state index contributed by atoms with van der Waals surface area (Å²) >= 11 is 0. The van der Waals surface area contributed by atoms with E-state index in [1.807, 2.05) is 45.9 Å². The van der Waals surface area contributed by atoms with Gasteiger partial charge in [0.25, 0.3) is 0 Å². The van der Waals surface area contributed by atoms with Crippen LogP contribution < -0.4 is 0 Å². The third-order valence-corrected chi connectivity index (χ3v) is 6.81. The van der Waals surface area contributed by atoms with Crippen molar-refractivity contribution in [3.8, 4) is 0 Å². The molecule has 0 amide bonds. The fraction of sp³-hybridized carbons (Fsp3) is 0.500. The van der Waals surface area contributed by atoms with Crippen LogP contribution in [-0.4, -0.2) is 31.9 Å². The molecule has 0 spiro atoms. The first-order chi connectivity index (χ1) is 11.6. The zero-order valence-electron chi connectivity index (χ0n) is 16.1. The van der Waals surface area contributed by atoms with Crippen molar-refractivity contribution in [2.24, 2.45) is 0 Å². The maximum atomic E-state index is 10.3. The van der Waals surface area contributed by atoms with Crippen LogP contribution in [0, 0.1) is 0 Å². The Kier molecular flexibility index (Phi) is 6.40. The van der Waals surface area contributed by atoms with Gasteiger partial charge in [0.2, 0.25) is 0 Å². The van der Waals surface area contributed by atoms with Gasteiger partial charge in [-0.05, 0) is 57.9 Å². The molecule has 0 atom stereocenters. The Labute approximate surface area is 152 Å². The molecule has 0 fully saturated rings. The van der Waals surface area contributed by atoms with Crippen molar-refractivity contribution < 1.29 is 18.4 Å². The number of hydrogen-bond acceptors (Lipinski definition) is 4. The Balaban J connectivity index is 2.48. The molecule has 5 heteroatoms. The molecule has 138 valence electrons. The Morgan fingerprint density at radius 3 is 2.04 bits per heavy atom. The Morgan fingerprint density at radius 1 is 0.920 bits per heavy atom. The van der Waals surface area contributed by atoms with Gasteiger partial charge >= 0.3 is 8.80 Å². The number of hydrogen-bond donors (Lipinski definition) is 1. The highest BCUT2D eigenvalue weighted by Crippen LogP contribution is 2.28. The first kappa shape index (κ1) is 20.1. The molecule has 25 heavy (non-hydrogen) atoms. The molecule has 0 saturated carbocycles. The van der Waals surface area contributed by atoms with Crippen molar-refractivity contribution in [1.82, 2.24) is 0 Å². The van der Waals surface area contributed by atoms with E-state index < -0.39 is 14.6 Å². The molecule has 0 aliphatic heterocycles. The molecule has 0 saturated heterocycles. The molecule has 2 aromatic carbocycles. The smallest absolute Gasteiger partial charge is 0.371 e. The van der Waals surface area contributed by atoms with E-state index in [1.54, 1.807) is 13.8 Å². The molecule has 4 nitrogen and oxygen atoms in total. The van der Waals surface area contributed by atoms with Gasteiger partial charge in [0.05, 0.1) is 0 Å². The van der Waals surface area contributed by atoms with Crippen LogP contribution in [0.25, 0.3) is 10.8 Å². The zero-order chi connectivity index (χ0) is 18.7. The lowest BCUT2D eigenvalue weighted by molar-refractivity contribution is -0.154. The number of fused-ring (bicyclic) bond motifs is 1. The molecule has 0 radical (unpaired) electrons. The molecular formula is C20H30O4Si. The van der Waals surface area contributed by atoms with Crippen molar-refractivity contribution in [2.45, 2.75) is 65.6 Å². The number of benzene rings is 2. The van der Waals surface area contributed by atoms with Crippen LogP contribution in [-0.2, 0) is 19.3 Å². The average molecular weight is 363 g/mol. The molecule has 0 unspecified atom stereocenters. The van der Waals surface area contributed by atoms with Gasteiger partial charge in [-0.1, -0.05) is 42.5 Å². The summed E-state index contributed by atoms with van der Waals surface area (Å²) < 4.78 is 18.5. The molecule has 0 aliphatic carbocycles. The van der Waals surface area contributed by atoms with Crippen LogP contribution in [0.15, 0.2) is 42.5 Å². The first-order valence-electron chi connectivity index (χ1n) is 8.85. The largest absolute Gasteiger partial charge is 0.508 e. The third-order valence-electron chi connectivity index (χ3n) is 3.52. The van der Waals surface area contributed by atoms with Gasteiger partial charge in [0.15, 0.2) is 5.79 Å². The van der Waals surface area contributed by atoms with Crippen LogP contribution in [0.4, 0.5) is 0 Å². The van der Waals surface area contributed by atoms with Crippen molar-refractivity contribution in [2.75, 3.05) is 0 Å². The minimum Gasteiger partial charge on any atom is -0.371 e. The standard InChI is InChI=1S/C20H30O4Si/c1-15(2)22-25(23-16(3)4,24-20(5,6)21)14-18-12-9-11-17-10-7-8-13-19(17)18/h7-13,15-16,21H,14H2,1-6H3. The fourth-order valence-electron chi connectivity index (χ4n) is 2.97. The van der Waals surface area contributed by atoms with Crippen LogP contribution in [0.5, 0.6) is 0 Å². The summed E-state index contributed by atoms with van der Waals surface area (Å²) in [5, 5.41) is 12.6. The second-order valence-corrected chi connectivity index (χ2v) is 9.78. The second kappa shape index (κ2) is 7.97. The monoisotopic (exact) mass is 362 g/mol. The maximum absolute atomic E-state index is 10.3. The van der Waals surface area contributed by atoms with Crippen LogP contribution >= 0.6 is 0 Å². The lowest BCUT2D eigenvalue weighted by atomic mass is 10.1. The molecule has 0 aliphatic rings. The topological polar surface area (TPSA) is 47.9 Å². The Hall–Kier alpha value is -1.24.